The molecule has 0 bridgehead atoms. The van der Waals surface area contributed by atoms with E-state index < -0.39 is 45.0 Å². The second kappa shape index (κ2) is 7.26. The SMILES string of the molecule is O=C(O)CNC(=O)c1ccc(NS(=O)(=O)c2c(F)cccc2F)cc1. The topological polar surface area (TPSA) is 113 Å². The van der Waals surface area contributed by atoms with E-state index in [1.165, 1.54) is 24.3 Å². The second-order valence-corrected chi connectivity index (χ2v) is 6.43. The molecule has 2 rings (SSSR count). The Hall–Kier alpha value is -3.01. The zero-order valence-electron chi connectivity index (χ0n) is 12.5. The number of hydrogen-bond acceptors (Lipinski definition) is 4. The van der Waals surface area contributed by atoms with Crippen LogP contribution in [-0.4, -0.2) is 31.9 Å². The first-order valence-electron chi connectivity index (χ1n) is 6.77. The van der Waals surface area contributed by atoms with Crippen LogP contribution in [0.5, 0.6) is 0 Å². The van der Waals surface area contributed by atoms with E-state index in [0.717, 1.165) is 18.2 Å². The molecule has 0 aliphatic carbocycles. The number of amides is 1. The van der Waals surface area contributed by atoms with Crippen LogP contribution in [0.4, 0.5) is 14.5 Å². The van der Waals surface area contributed by atoms with Crippen molar-refractivity contribution in [2.75, 3.05) is 11.3 Å². The number of aliphatic carboxylic acids is 1. The average molecular weight is 370 g/mol. The quantitative estimate of drug-likeness (QED) is 0.715. The Balaban J connectivity index is 2.18. The predicted molar refractivity (Wildman–Crippen MR) is 83.6 cm³/mol. The summed E-state index contributed by atoms with van der Waals surface area (Å²) in [4.78, 5) is 20.9. The summed E-state index contributed by atoms with van der Waals surface area (Å²) in [5, 5.41) is 10.6. The summed E-state index contributed by atoms with van der Waals surface area (Å²) in [6.45, 7) is -0.570. The van der Waals surface area contributed by atoms with Gasteiger partial charge in [0.25, 0.3) is 15.9 Å². The summed E-state index contributed by atoms with van der Waals surface area (Å²) in [7, 11) is -4.51. The Bertz CT molecular complexity index is 894. The van der Waals surface area contributed by atoms with Crippen LogP contribution >= 0.6 is 0 Å². The number of halogens is 2. The molecule has 2 aromatic rings. The van der Waals surface area contributed by atoms with Crippen molar-refractivity contribution in [2.24, 2.45) is 0 Å². The highest BCUT2D eigenvalue weighted by molar-refractivity contribution is 7.92. The van der Waals surface area contributed by atoms with E-state index in [4.69, 9.17) is 5.11 Å². The average Bonchev–Trinajstić information content (AvgIpc) is 2.52. The van der Waals surface area contributed by atoms with Crippen molar-refractivity contribution < 1.29 is 31.9 Å². The Morgan fingerprint density at radius 2 is 1.56 bits per heavy atom. The van der Waals surface area contributed by atoms with Gasteiger partial charge in [0.05, 0.1) is 0 Å². The number of sulfonamides is 1. The van der Waals surface area contributed by atoms with Crippen molar-refractivity contribution in [3.8, 4) is 0 Å². The molecule has 3 N–H and O–H groups in total. The number of nitrogens with one attached hydrogen (secondary N) is 2. The summed E-state index contributed by atoms with van der Waals surface area (Å²) in [6, 6.07) is 7.52. The Morgan fingerprint density at radius 1 is 1.00 bits per heavy atom. The molecule has 0 saturated heterocycles. The molecule has 0 aliphatic rings. The highest BCUT2D eigenvalue weighted by Crippen LogP contribution is 2.22. The maximum absolute atomic E-state index is 13.6. The molecule has 0 spiro atoms. The van der Waals surface area contributed by atoms with Crippen LogP contribution in [0.2, 0.25) is 0 Å². The lowest BCUT2D eigenvalue weighted by Crippen LogP contribution is -2.29. The fourth-order valence-corrected chi connectivity index (χ4v) is 3.09. The van der Waals surface area contributed by atoms with Gasteiger partial charge in [-0.15, -0.1) is 0 Å². The smallest absolute Gasteiger partial charge is 0.322 e. The number of anilines is 1. The molecule has 25 heavy (non-hydrogen) atoms. The molecule has 7 nitrogen and oxygen atoms in total. The Kier molecular flexibility index (Phi) is 5.32. The standard InChI is InChI=1S/C15H12F2N2O5S/c16-11-2-1-3-12(17)14(11)25(23,24)19-10-6-4-9(5-7-10)15(22)18-8-13(20)21/h1-7,19H,8H2,(H,18,22)(H,20,21). The molecule has 0 atom stereocenters. The Labute approximate surface area is 141 Å². The molecule has 0 radical (unpaired) electrons. The van der Waals surface area contributed by atoms with Crippen LogP contribution in [-0.2, 0) is 14.8 Å². The molecular weight excluding hydrogens is 358 g/mol. The van der Waals surface area contributed by atoms with Gasteiger partial charge in [-0.2, -0.15) is 0 Å². The zero-order valence-corrected chi connectivity index (χ0v) is 13.3. The molecular formula is C15H12F2N2O5S. The maximum atomic E-state index is 13.6. The van der Waals surface area contributed by atoms with Crippen LogP contribution in [0.1, 0.15) is 10.4 Å². The third-order valence-corrected chi connectivity index (χ3v) is 4.42. The molecule has 0 heterocycles. The number of carboxylic acids is 1. The molecule has 0 saturated carbocycles. The molecule has 0 unspecified atom stereocenters. The van der Waals surface area contributed by atoms with E-state index in [9.17, 15) is 26.8 Å². The lowest BCUT2D eigenvalue weighted by Gasteiger charge is -2.10. The van der Waals surface area contributed by atoms with Crippen LogP contribution < -0.4 is 10.0 Å². The van der Waals surface area contributed by atoms with Gasteiger partial charge in [-0.25, -0.2) is 17.2 Å². The zero-order chi connectivity index (χ0) is 18.6. The first kappa shape index (κ1) is 18.3. The molecule has 0 aromatic heterocycles. The number of carbonyl (C=O) groups excluding carboxylic acids is 1. The summed E-state index contributed by atoms with van der Waals surface area (Å²) in [6.07, 6.45) is 0. The minimum absolute atomic E-state index is 0.0302. The van der Waals surface area contributed by atoms with Crippen molar-refractivity contribution in [2.45, 2.75) is 4.90 Å². The van der Waals surface area contributed by atoms with Crippen LogP contribution in [0.25, 0.3) is 0 Å². The van der Waals surface area contributed by atoms with Crippen molar-refractivity contribution in [1.82, 2.24) is 5.32 Å². The summed E-state index contributed by atoms with van der Waals surface area (Å²) in [5.74, 6) is -4.36. The van der Waals surface area contributed by atoms with E-state index in [0.29, 0.717) is 0 Å². The van der Waals surface area contributed by atoms with Crippen LogP contribution in [0.3, 0.4) is 0 Å². The van der Waals surface area contributed by atoms with Gasteiger partial charge in [0.15, 0.2) is 4.90 Å². The van der Waals surface area contributed by atoms with Crippen molar-refractivity contribution in [3.63, 3.8) is 0 Å². The Morgan fingerprint density at radius 3 is 2.08 bits per heavy atom. The highest BCUT2D eigenvalue weighted by atomic mass is 32.2. The fraction of sp³-hybridized carbons (Fsp3) is 0.0667. The van der Waals surface area contributed by atoms with Gasteiger partial charge in [0.1, 0.15) is 18.2 Å². The molecule has 0 aliphatic heterocycles. The number of hydrogen-bond donors (Lipinski definition) is 3. The van der Waals surface area contributed by atoms with E-state index in [-0.39, 0.29) is 11.3 Å². The summed E-state index contributed by atoms with van der Waals surface area (Å²) >= 11 is 0. The lowest BCUT2D eigenvalue weighted by atomic mass is 10.2. The fourth-order valence-electron chi connectivity index (χ4n) is 1.89. The van der Waals surface area contributed by atoms with Gasteiger partial charge >= 0.3 is 5.97 Å². The third kappa shape index (κ3) is 4.51. The molecule has 10 heteroatoms. The minimum atomic E-state index is -4.51. The van der Waals surface area contributed by atoms with E-state index in [2.05, 4.69) is 5.32 Å². The number of carboxylic acid groups (broad SMARTS) is 1. The minimum Gasteiger partial charge on any atom is -0.480 e. The normalized spacial score (nSPS) is 11.0. The number of benzene rings is 2. The van der Waals surface area contributed by atoms with Gasteiger partial charge in [-0.05, 0) is 36.4 Å². The summed E-state index contributed by atoms with van der Waals surface area (Å²) in [5.41, 5.74) is 0.0544. The van der Waals surface area contributed by atoms with Crippen LogP contribution in [0, 0.1) is 11.6 Å². The lowest BCUT2D eigenvalue weighted by molar-refractivity contribution is -0.135. The second-order valence-electron chi connectivity index (χ2n) is 4.81. The van der Waals surface area contributed by atoms with Gasteiger partial charge in [-0.1, -0.05) is 6.07 Å². The first-order chi connectivity index (χ1) is 11.7. The molecule has 1 amide bonds. The molecule has 0 fully saturated rings. The van der Waals surface area contributed by atoms with E-state index in [1.54, 1.807) is 0 Å². The molecule has 132 valence electrons. The van der Waals surface area contributed by atoms with Gasteiger partial charge < -0.3 is 10.4 Å². The van der Waals surface area contributed by atoms with Gasteiger partial charge in [0.2, 0.25) is 0 Å². The van der Waals surface area contributed by atoms with E-state index in [1.807, 2.05) is 4.72 Å². The number of rotatable bonds is 6. The van der Waals surface area contributed by atoms with Gasteiger partial charge in [-0.3, -0.25) is 14.3 Å². The van der Waals surface area contributed by atoms with E-state index >= 15 is 0 Å². The first-order valence-corrected chi connectivity index (χ1v) is 8.26. The van der Waals surface area contributed by atoms with Crippen molar-refractivity contribution in [1.29, 1.82) is 0 Å². The van der Waals surface area contributed by atoms with Crippen molar-refractivity contribution in [3.05, 3.63) is 59.7 Å². The largest absolute Gasteiger partial charge is 0.480 e. The number of carbonyl (C=O) groups is 2. The summed E-state index contributed by atoms with van der Waals surface area (Å²) < 4.78 is 53.4. The monoisotopic (exact) mass is 370 g/mol. The van der Waals surface area contributed by atoms with Crippen LogP contribution in [0.15, 0.2) is 47.4 Å². The molecule has 2 aromatic carbocycles. The third-order valence-electron chi connectivity index (χ3n) is 2.99. The predicted octanol–water partition coefficient (Wildman–Crippen LogP) is 1.58. The van der Waals surface area contributed by atoms with Crippen molar-refractivity contribution >= 4 is 27.6 Å². The highest BCUT2D eigenvalue weighted by Gasteiger charge is 2.23. The maximum Gasteiger partial charge on any atom is 0.322 e. The van der Waals surface area contributed by atoms with Gasteiger partial charge in [0, 0.05) is 11.3 Å².